The van der Waals surface area contributed by atoms with Gasteiger partial charge >= 0.3 is 0 Å². The number of ether oxygens (including phenoxy) is 1. The summed E-state index contributed by atoms with van der Waals surface area (Å²) in [4.78, 5) is 8.59. The minimum absolute atomic E-state index is 0.236. The maximum atomic E-state index is 5.40. The van der Waals surface area contributed by atoms with Crippen molar-refractivity contribution in [3.05, 3.63) is 11.9 Å². The van der Waals surface area contributed by atoms with Gasteiger partial charge in [0.25, 0.3) is 0 Å². The highest BCUT2D eigenvalue weighted by Crippen LogP contribution is 2.21. The van der Waals surface area contributed by atoms with Crippen LogP contribution in [-0.4, -0.2) is 36.3 Å². The Bertz CT molecular complexity index is 357. The zero-order chi connectivity index (χ0) is 13.4. The highest BCUT2D eigenvalue weighted by atomic mass is 16.5. The Morgan fingerprint density at radius 2 is 2.00 bits per heavy atom. The van der Waals surface area contributed by atoms with Crippen LogP contribution < -0.4 is 10.6 Å². The molecule has 1 rings (SSSR count). The number of nitrogens with one attached hydrogen (secondary N) is 2. The second-order valence-corrected chi connectivity index (χ2v) is 4.25. The van der Waals surface area contributed by atoms with Gasteiger partial charge in [0.05, 0.1) is 6.61 Å². The summed E-state index contributed by atoms with van der Waals surface area (Å²) in [6.07, 6.45) is 3.61. The van der Waals surface area contributed by atoms with E-state index in [1.165, 1.54) is 0 Å². The van der Waals surface area contributed by atoms with Crippen LogP contribution in [0.15, 0.2) is 6.33 Å². The van der Waals surface area contributed by atoms with Crippen LogP contribution in [0.1, 0.15) is 32.8 Å². The molecular formula is C13H24N4O. The van der Waals surface area contributed by atoms with Gasteiger partial charge < -0.3 is 15.4 Å². The fraction of sp³-hybridized carbons (Fsp3) is 0.692. The lowest BCUT2D eigenvalue weighted by Crippen LogP contribution is -2.23. The Hall–Kier alpha value is -1.36. The van der Waals surface area contributed by atoms with E-state index in [4.69, 9.17) is 4.74 Å². The molecule has 0 saturated heterocycles. The van der Waals surface area contributed by atoms with Crippen molar-refractivity contribution in [3.8, 4) is 0 Å². The number of rotatable bonds is 8. The van der Waals surface area contributed by atoms with Crippen molar-refractivity contribution in [2.75, 3.05) is 30.9 Å². The molecule has 1 atom stereocenters. The third-order valence-corrected chi connectivity index (χ3v) is 2.64. The summed E-state index contributed by atoms with van der Waals surface area (Å²) in [6.45, 7) is 7.66. The molecule has 5 heteroatoms. The third-order valence-electron chi connectivity index (χ3n) is 2.64. The molecule has 1 aromatic rings. The highest BCUT2D eigenvalue weighted by molar-refractivity contribution is 5.57. The molecule has 0 amide bonds. The Labute approximate surface area is 109 Å². The number of aromatic nitrogens is 2. The van der Waals surface area contributed by atoms with E-state index in [1.807, 2.05) is 14.0 Å². The summed E-state index contributed by atoms with van der Waals surface area (Å²) in [5, 5.41) is 6.50. The monoisotopic (exact) mass is 252 g/mol. The van der Waals surface area contributed by atoms with Crippen LogP contribution in [0.25, 0.3) is 0 Å². The number of hydrogen-bond acceptors (Lipinski definition) is 5. The zero-order valence-electron chi connectivity index (χ0n) is 11.8. The SMILES string of the molecule is CCCc1c(NC)ncnc1NC(C)COCC. The molecule has 2 N–H and O–H groups in total. The second kappa shape index (κ2) is 7.87. The van der Waals surface area contributed by atoms with Crippen LogP contribution in [-0.2, 0) is 11.2 Å². The predicted octanol–water partition coefficient (Wildman–Crippen LogP) is 2.31. The molecule has 102 valence electrons. The Kier molecular flexibility index (Phi) is 6.43. The maximum Gasteiger partial charge on any atom is 0.135 e. The fourth-order valence-corrected chi connectivity index (χ4v) is 1.81. The van der Waals surface area contributed by atoms with Crippen molar-refractivity contribution in [1.82, 2.24) is 9.97 Å². The zero-order valence-corrected chi connectivity index (χ0v) is 11.8. The average molecular weight is 252 g/mol. The van der Waals surface area contributed by atoms with Gasteiger partial charge in [-0.15, -0.1) is 0 Å². The van der Waals surface area contributed by atoms with Gasteiger partial charge in [-0.2, -0.15) is 0 Å². The Morgan fingerprint density at radius 3 is 2.61 bits per heavy atom. The molecule has 0 aromatic carbocycles. The third kappa shape index (κ3) is 4.14. The van der Waals surface area contributed by atoms with Crippen molar-refractivity contribution < 1.29 is 4.74 Å². The molecule has 0 aliphatic carbocycles. The van der Waals surface area contributed by atoms with Crippen molar-refractivity contribution in [2.45, 2.75) is 39.7 Å². The smallest absolute Gasteiger partial charge is 0.135 e. The topological polar surface area (TPSA) is 59.1 Å². The van der Waals surface area contributed by atoms with Crippen LogP contribution in [0.2, 0.25) is 0 Å². The summed E-state index contributed by atoms with van der Waals surface area (Å²) >= 11 is 0. The molecule has 0 bridgehead atoms. The summed E-state index contributed by atoms with van der Waals surface area (Å²) in [5.41, 5.74) is 1.14. The van der Waals surface area contributed by atoms with Crippen LogP contribution >= 0.6 is 0 Å². The van der Waals surface area contributed by atoms with Gasteiger partial charge in [-0.05, 0) is 20.3 Å². The van der Waals surface area contributed by atoms with Gasteiger partial charge in [0, 0.05) is 25.3 Å². The van der Waals surface area contributed by atoms with E-state index in [9.17, 15) is 0 Å². The van der Waals surface area contributed by atoms with E-state index in [0.29, 0.717) is 6.61 Å². The fourth-order valence-electron chi connectivity index (χ4n) is 1.81. The van der Waals surface area contributed by atoms with E-state index in [-0.39, 0.29) is 6.04 Å². The molecular weight excluding hydrogens is 228 g/mol. The molecule has 0 aliphatic rings. The lowest BCUT2D eigenvalue weighted by Gasteiger charge is -2.18. The van der Waals surface area contributed by atoms with Crippen molar-refractivity contribution in [2.24, 2.45) is 0 Å². The minimum atomic E-state index is 0.236. The molecule has 1 aromatic heterocycles. The summed E-state index contributed by atoms with van der Waals surface area (Å²) in [7, 11) is 1.88. The van der Waals surface area contributed by atoms with Gasteiger partial charge in [0.1, 0.15) is 18.0 Å². The lowest BCUT2D eigenvalue weighted by molar-refractivity contribution is 0.141. The standard InChI is InChI=1S/C13H24N4O/c1-5-7-11-12(14-4)15-9-16-13(11)17-10(3)8-18-6-2/h9-10H,5-8H2,1-4H3,(H2,14,15,16,17). The van der Waals surface area contributed by atoms with E-state index in [1.54, 1.807) is 6.33 Å². The summed E-state index contributed by atoms with van der Waals surface area (Å²) in [6, 6.07) is 0.236. The van der Waals surface area contributed by atoms with Crippen LogP contribution in [0, 0.1) is 0 Å². The first-order valence-corrected chi connectivity index (χ1v) is 6.58. The molecule has 5 nitrogen and oxygen atoms in total. The van der Waals surface area contributed by atoms with Gasteiger partial charge in [-0.1, -0.05) is 13.3 Å². The molecule has 1 heterocycles. The molecule has 0 fully saturated rings. The van der Waals surface area contributed by atoms with E-state index in [0.717, 1.165) is 36.6 Å². The first kappa shape index (κ1) is 14.7. The first-order chi connectivity index (χ1) is 8.72. The van der Waals surface area contributed by atoms with Crippen molar-refractivity contribution >= 4 is 11.6 Å². The lowest BCUT2D eigenvalue weighted by atomic mass is 10.1. The quantitative estimate of drug-likeness (QED) is 0.743. The van der Waals surface area contributed by atoms with Crippen LogP contribution in [0.5, 0.6) is 0 Å². The normalized spacial score (nSPS) is 12.2. The van der Waals surface area contributed by atoms with Gasteiger partial charge in [-0.3, -0.25) is 0 Å². The Balaban J connectivity index is 2.79. The van der Waals surface area contributed by atoms with E-state index < -0.39 is 0 Å². The predicted molar refractivity (Wildman–Crippen MR) is 75.2 cm³/mol. The molecule has 1 unspecified atom stereocenters. The molecule has 0 aliphatic heterocycles. The van der Waals surface area contributed by atoms with Crippen LogP contribution in [0.4, 0.5) is 11.6 Å². The van der Waals surface area contributed by atoms with Gasteiger partial charge in [-0.25, -0.2) is 9.97 Å². The highest BCUT2D eigenvalue weighted by Gasteiger charge is 2.11. The Morgan fingerprint density at radius 1 is 1.28 bits per heavy atom. The van der Waals surface area contributed by atoms with Crippen LogP contribution in [0.3, 0.4) is 0 Å². The summed E-state index contributed by atoms with van der Waals surface area (Å²) in [5.74, 6) is 1.81. The number of nitrogens with zero attached hydrogens (tertiary/aromatic N) is 2. The molecule has 18 heavy (non-hydrogen) atoms. The largest absolute Gasteiger partial charge is 0.380 e. The van der Waals surface area contributed by atoms with Gasteiger partial charge in [0.2, 0.25) is 0 Å². The van der Waals surface area contributed by atoms with Crippen molar-refractivity contribution in [3.63, 3.8) is 0 Å². The maximum absolute atomic E-state index is 5.40. The molecule has 0 spiro atoms. The average Bonchev–Trinajstić information content (AvgIpc) is 2.38. The van der Waals surface area contributed by atoms with E-state index in [2.05, 4.69) is 34.4 Å². The second-order valence-electron chi connectivity index (χ2n) is 4.25. The molecule has 0 radical (unpaired) electrons. The number of anilines is 2. The van der Waals surface area contributed by atoms with Crippen molar-refractivity contribution in [1.29, 1.82) is 0 Å². The van der Waals surface area contributed by atoms with E-state index >= 15 is 0 Å². The van der Waals surface area contributed by atoms with Gasteiger partial charge in [0.15, 0.2) is 0 Å². The first-order valence-electron chi connectivity index (χ1n) is 6.58. The number of hydrogen-bond donors (Lipinski definition) is 2. The molecule has 0 saturated carbocycles. The minimum Gasteiger partial charge on any atom is -0.380 e. The summed E-state index contributed by atoms with van der Waals surface area (Å²) < 4.78 is 5.40.